The van der Waals surface area contributed by atoms with E-state index in [4.69, 9.17) is 8.94 Å². The lowest BCUT2D eigenvalue weighted by molar-refractivity contribution is -0.125. The van der Waals surface area contributed by atoms with Gasteiger partial charge in [0.05, 0.1) is 6.26 Å². The fourth-order valence-corrected chi connectivity index (χ4v) is 4.73. The number of furan rings is 1. The smallest absolute Gasteiger partial charge is 0.248 e. The van der Waals surface area contributed by atoms with Crippen LogP contribution in [-0.2, 0) is 14.8 Å². The van der Waals surface area contributed by atoms with Crippen molar-refractivity contribution in [1.29, 1.82) is 0 Å². The molecule has 3 rings (SSSR count). The van der Waals surface area contributed by atoms with E-state index in [2.05, 4.69) is 5.16 Å². The second-order valence-electron chi connectivity index (χ2n) is 6.08. The van der Waals surface area contributed by atoms with E-state index in [0.717, 1.165) is 0 Å². The Bertz CT molecular complexity index is 879. The molecule has 0 radical (unpaired) electrons. The molecule has 0 N–H and O–H groups in total. The molecule has 26 heavy (non-hydrogen) atoms. The summed E-state index contributed by atoms with van der Waals surface area (Å²) in [7, 11) is -3.69. The highest BCUT2D eigenvalue weighted by atomic mass is 32.2. The molecule has 0 unspecified atom stereocenters. The molecule has 0 atom stereocenters. The van der Waals surface area contributed by atoms with Crippen LogP contribution in [0.25, 0.3) is 6.08 Å². The average molecular weight is 379 g/mol. The zero-order chi connectivity index (χ0) is 18.7. The Morgan fingerprint density at radius 2 is 2.04 bits per heavy atom. The van der Waals surface area contributed by atoms with Crippen LogP contribution in [0.15, 0.2) is 38.3 Å². The van der Waals surface area contributed by atoms with Crippen LogP contribution in [0.4, 0.5) is 0 Å². The van der Waals surface area contributed by atoms with Crippen molar-refractivity contribution in [2.45, 2.75) is 25.2 Å². The maximum absolute atomic E-state index is 12.9. The Balaban J connectivity index is 1.69. The predicted molar refractivity (Wildman–Crippen MR) is 93.7 cm³/mol. The van der Waals surface area contributed by atoms with Gasteiger partial charge in [-0.05, 0) is 38.5 Å². The lowest BCUT2D eigenvalue weighted by atomic mass is 10.3. The number of hydrogen-bond donors (Lipinski definition) is 0. The van der Waals surface area contributed by atoms with E-state index >= 15 is 0 Å². The molecular weight excluding hydrogens is 358 g/mol. The average Bonchev–Trinajstić information content (AvgIpc) is 3.15. The van der Waals surface area contributed by atoms with Crippen LogP contribution in [0.2, 0.25) is 0 Å². The molecule has 9 heteroatoms. The molecule has 1 fully saturated rings. The van der Waals surface area contributed by atoms with Gasteiger partial charge >= 0.3 is 0 Å². The second kappa shape index (κ2) is 7.46. The first-order chi connectivity index (χ1) is 12.4. The number of hydrogen-bond acceptors (Lipinski definition) is 6. The molecule has 140 valence electrons. The minimum absolute atomic E-state index is 0.120. The lowest BCUT2D eigenvalue weighted by Gasteiger charge is -2.21. The minimum Gasteiger partial charge on any atom is -0.465 e. The van der Waals surface area contributed by atoms with Crippen molar-refractivity contribution < 1.29 is 22.2 Å². The molecule has 0 bridgehead atoms. The molecule has 2 aromatic heterocycles. The molecule has 0 aromatic carbocycles. The van der Waals surface area contributed by atoms with E-state index in [-0.39, 0.29) is 23.1 Å². The first kappa shape index (κ1) is 18.4. The summed E-state index contributed by atoms with van der Waals surface area (Å²) in [6.07, 6.45) is 5.14. The number of aromatic nitrogens is 1. The van der Waals surface area contributed by atoms with Crippen LogP contribution in [0.3, 0.4) is 0 Å². The van der Waals surface area contributed by atoms with E-state index < -0.39 is 10.0 Å². The van der Waals surface area contributed by atoms with Gasteiger partial charge in [-0.3, -0.25) is 4.79 Å². The third-order valence-electron chi connectivity index (χ3n) is 4.27. The van der Waals surface area contributed by atoms with E-state index in [0.29, 0.717) is 37.5 Å². The zero-order valence-electron chi connectivity index (χ0n) is 14.7. The van der Waals surface area contributed by atoms with Crippen LogP contribution >= 0.6 is 0 Å². The largest absolute Gasteiger partial charge is 0.465 e. The Labute approximate surface area is 152 Å². The molecule has 1 aliphatic heterocycles. The van der Waals surface area contributed by atoms with Gasteiger partial charge in [0, 0.05) is 32.3 Å². The van der Waals surface area contributed by atoms with Gasteiger partial charge in [-0.1, -0.05) is 5.16 Å². The number of aryl methyl sites for hydroxylation is 2. The van der Waals surface area contributed by atoms with Gasteiger partial charge in [0.25, 0.3) is 0 Å². The second-order valence-corrected chi connectivity index (χ2v) is 7.96. The van der Waals surface area contributed by atoms with Crippen LogP contribution in [0, 0.1) is 13.8 Å². The van der Waals surface area contributed by atoms with Crippen molar-refractivity contribution in [1.82, 2.24) is 14.4 Å². The van der Waals surface area contributed by atoms with Gasteiger partial charge in [0.2, 0.25) is 15.9 Å². The van der Waals surface area contributed by atoms with Gasteiger partial charge in [0.15, 0.2) is 5.76 Å². The standard InChI is InChI=1S/C17H21N3O5S/c1-13-17(14(2)25-18-13)26(22,23)20-9-4-8-19(10-11-20)16(21)7-6-15-5-3-12-24-15/h3,5-7,12H,4,8-11H2,1-2H3/b7-6+. The number of amides is 1. The molecule has 0 saturated carbocycles. The molecule has 1 amide bonds. The zero-order valence-corrected chi connectivity index (χ0v) is 15.5. The molecule has 1 saturated heterocycles. The maximum Gasteiger partial charge on any atom is 0.248 e. The monoisotopic (exact) mass is 379 g/mol. The van der Waals surface area contributed by atoms with E-state index in [9.17, 15) is 13.2 Å². The third-order valence-corrected chi connectivity index (χ3v) is 6.41. The Morgan fingerprint density at radius 3 is 2.69 bits per heavy atom. The summed E-state index contributed by atoms with van der Waals surface area (Å²) < 4.78 is 37.3. The van der Waals surface area contributed by atoms with E-state index in [1.807, 2.05) is 0 Å². The summed E-state index contributed by atoms with van der Waals surface area (Å²) in [5, 5.41) is 3.73. The van der Waals surface area contributed by atoms with Gasteiger partial charge in [-0.25, -0.2) is 8.42 Å². The SMILES string of the molecule is Cc1noc(C)c1S(=O)(=O)N1CCCN(C(=O)/C=C/c2ccco2)CC1. The predicted octanol–water partition coefficient (Wildman–Crippen LogP) is 1.82. The molecule has 0 spiro atoms. The van der Waals surface area contributed by atoms with E-state index in [1.54, 1.807) is 37.0 Å². The summed E-state index contributed by atoms with van der Waals surface area (Å²) >= 11 is 0. The highest BCUT2D eigenvalue weighted by molar-refractivity contribution is 7.89. The Hall–Kier alpha value is -2.39. The minimum atomic E-state index is -3.69. The van der Waals surface area contributed by atoms with Gasteiger partial charge in [-0.15, -0.1) is 0 Å². The van der Waals surface area contributed by atoms with Crippen LogP contribution in [-0.4, -0.2) is 54.9 Å². The van der Waals surface area contributed by atoms with Gasteiger partial charge < -0.3 is 13.8 Å². The van der Waals surface area contributed by atoms with Crippen molar-refractivity contribution in [2.75, 3.05) is 26.2 Å². The van der Waals surface area contributed by atoms with Crippen molar-refractivity contribution in [3.8, 4) is 0 Å². The maximum atomic E-state index is 12.9. The molecule has 2 aromatic rings. The summed E-state index contributed by atoms with van der Waals surface area (Å²) in [5.41, 5.74) is 0.348. The summed E-state index contributed by atoms with van der Waals surface area (Å²) in [6.45, 7) is 4.58. The van der Waals surface area contributed by atoms with Crippen LogP contribution < -0.4 is 0 Å². The summed E-state index contributed by atoms with van der Waals surface area (Å²) in [6, 6.07) is 3.50. The van der Waals surface area contributed by atoms with Crippen molar-refractivity contribution >= 4 is 22.0 Å². The molecule has 1 aliphatic rings. The fraction of sp³-hybridized carbons (Fsp3) is 0.412. The number of carbonyl (C=O) groups excluding carboxylic acids is 1. The topological polar surface area (TPSA) is 96.9 Å². The van der Waals surface area contributed by atoms with Crippen molar-refractivity contribution in [3.05, 3.63) is 41.7 Å². The first-order valence-electron chi connectivity index (χ1n) is 8.33. The van der Waals surface area contributed by atoms with Crippen molar-refractivity contribution in [3.63, 3.8) is 0 Å². The highest BCUT2D eigenvalue weighted by Crippen LogP contribution is 2.24. The van der Waals surface area contributed by atoms with E-state index in [1.165, 1.54) is 16.6 Å². The van der Waals surface area contributed by atoms with Crippen LogP contribution in [0.1, 0.15) is 23.6 Å². The third kappa shape index (κ3) is 3.73. The number of nitrogens with zero attached hydrogens (tertiary/aromatic N) is 3. The lowest BCUT2D eigenvalue weighted by Crippen LogP contribution is -2.37. The molecule has 3 heterocycles. The molecule has 0 aliphatic carbocycles. The summed E-state index contributed by atoms with van der Waals surface area (Å²) in [5.74, 6) is 0.704. The number of sulfonamides is 1. The Kier molecular flexibility index (Phi) is 5.28. The quantitative estimate of drug-likeness (QED) is 0.752. The van der Waals surface area contributed by atoms with Gasteiger partial charge in [-0.2, -0.15) is 4.31 Å². The number of rotatable bonds is 4. The fourth-order valence-electron chi connectivity index (χ4n) is 2.97. The number of carbonyl (C=O) groups is 1. The van der Waals surface area contributed by atoms with Crippen LogP contribution in [0.5, 0.6) is 0 Å². The molecule has 8 nitrogen and oxygen atoms in total. The highest BCUT2D eigenvalue weighted by Gasteiger charge is 2.32. The van der Waals surface area contributed by atoms with Gasteiger partial charge in [0.1, 0.15) is 16.3 Å². The Morgan fingerprint density at radius 1 is 1.23 bits per heavy atom. The van der Waals surface area contributed by atoms with Crippen molar-refractivity contribution in [2.24, 2.45) is 0 Å². The summed E-state index contributed by atoms with van der Waals surface area (Å²) in [4.78, 5) is 14.1. The normalized spacial score (nSPS) is 16.9. The first-order valence-corrected chi connectivity index (χ1v) is 9.77. The molecular formula is C17H21N3O5S.